The molecule has 27 heavy (non-hydrogen) atoms. The van der Waals surface area contributed by atoms with Gasteiger partial charge in [-0.3, -0.25) is 4.79 Å². The van der Waals surface area contributed by atoms with Gasteiger partial charge in [-0.1, -0.05) is 30.3 Å². The summed E-state index contributed by atoms with van der Waals surface area (Å²) >= 11 is 0. The van der Waals surface area contributed by atoms with E-state index in [1.54, 1.807) is 24.3 Å². The molecule has 3 rings (SSSR count). The number of aryl methyl sites for hydroxylation is 1. The molecule has 0 atom stereocenters. The third kappa shape index (κ3) is 4.26. The maximum atomic E-state index is 12.6. The van der Waals surface area contributed by atoms with Crippen LogP contribution in [0.1, 0.15) is 37.7 Å². The Kier molecular flexibility index (Phi) is 5.41. The molecule has 0 spiro atoms. The minimum absolute atomic E-state index is 0.216. The van der Waals surface area contributed by atoms with Gasteiger partial charge in [-0.25, -0.2) is 4.79 Å². The van der Waals surface area contributed by atoms with Crippen LogP contribution in [0.3, 0.4) is 0 Å². The second kappa shape index (κ2) is 7.91. The van der Waals surface area contributed by atoms with Crippen molar-refractivity contribution in [1.82, 2.24) is 4.57 Å². The molecule has 0 aliphatic heterocycles. The minimum Gasteiger partial charge on any atom is -0.454 e. The minimum atomic E-state index is -0.540. The first-order valence-corrected chi connectivity index (χ1v) is 8.72. The van der Waals surface area contributed by atoms with Crippen LogP contribution in [-0.4, -0.2) is 22.9 Å². The average Bonchev–Trinajstić information content (AvgIpc) is 2.95. The maximum Gasteiger partial charge on any atom is 0.338 e. The molecule has 5 nitrogen and oxygen atoms in total. The normalized spacial score (nSPS) is 10.6. The molecule has 0 saturated heterocycles. The molecule has 2 aromatic carbocycles. The molecule has 1 heterocycles. The number of nitrogens with two attached hydrogens (primary N) is 1. The van der Waals surface area contributed by atoms with E-state index in [9.17, 15) is 9.59 Å². The number of hydrogen-bond acceptors (Lipinski definition) is 4. The van der Waals surface area contributed by atoms with E-state index in [4.69, 9.17) is 10.5 Å². The van der Waals surface area contributed by atoms with Gasteiger partial charge in [0.15, 0.2) is 6.61 Å². The van der Waals surface area contributed by atoms with Crippen LogP contribution < -0.4 is 5.73 Å². The third-order valence-corrected chi connectivity index (χ3v) is 4.54. The highest BCUT2D eigenvalue weighted by molar-refractivity contribution is 6.00. The van der Waals surface area contributed by atoms with Gasteiger partial charge >= 0.3 is 5.97 Å². The summed E-state index contributed by atoms with van der Waals surface area (Å²) in [7, 11) is 0. The molecule has 0 fully saturated rings. The number of anilines is 1. The van der Waals surface area contributed by atoms with Gasteiger partial charge in [-0.05, 0) is 49.7 Å². The average molecular weight is 362 g/mol. The predicted octanol–water partition coefficient (Wildman–Crippen LogP) is 3.78. The molecule has 0 radical (unpaired) electrons. The number of carbonyl (C=O) groups is 2. The SMILES string of the molecule is Cc1cc(C(=O)COC(=O)c2ccc(N)cc2)c(C)n1Cc1ccccc1. The number of rotatable bonds is 6. The van der Waals surface area contributed by atoms with Crippen molar-refractivity contribution in [3.8, 4) is 0 Å². The molecular weight excluding hydrogens is 340 g/mol. The summed E-state index contributed by atoms with van der Waals surface area (Å²) < 4.78 is 7.26. The van der Waals surface area contributed by atoms with Crippen molar-refractivity contribution in [3.05, 3.63) is 88.7 Å². The van der Waals surface area contributed by atoms with Crippen LogP contribution in [0, 0.1) is 13.8 Å². The molecule has 0 aliphatic carbocycles. The number of carbonyl (C=O) groups excluding carboxylic acids is 2. The van der Waals surface area contributed by atoms with Crippen molar-refractivity contribution in [2.75, 3.05) is 12.3 Å². The van der Waals surface area contributed by atoms with Gasteiger partial charge in [0, 0.05) is 29.2 Å². The number of ketones is 1. The summed E-state index contributed by atoms with van der Waals surface area (Å²) in [6, 6.07) is 18.3. The lowest BCUT2D eigenvalue weighted by Crippen LogP contribution is -2.15. The van der Waals surface area contributed by atoms with Gasteiger partial charge < -0.3 is 15.0 Å². The summed E-state index contributed by atoms with van der Waals surface area (Å²) in [5.41, 5.74) is 10.1. The highest BCUT2D eigenvalue weighted by atomic mass is 16.5. The van der Waals surface area contributed by atoms with Gasteiger partial charge in [-0.2, -0.15) is 0 Å². The number of benzene rings is 2. The largest absolute Gasteiger partial charge is 0.454 e. The van der Waals surface area contributed by atoms with E-state index in [-0.39, 0.29) is 12.4 Å². The lowest BCUT2D eigenvalue weighted by molar-refractivity contribution is 0.0474. The van der Waals surface area contributed by atoms with E-state index in [0.717, 1.165) is 17.0 Å². The molecule has 1 aromatic heterocycles. The summed E-state index contributed by atoms with van der Waals surface area (Å²) in [4.78, 5) is 24.6. The summed E-state index contributed by atoms with van der Waals surface area (Å²) in [6.07, 6.45) is 0. The maximum absolute atomic E-state index is 12.6. The lowest BCUT2D eigenvalue weighted by Gasteiger charge is -2.10. The monoisotopic (exact) mass is 362 g/mol. The summed E-state index contributed by atoms with van der Waals surface area (Å²) in [5, 5.41) is 0. The zero-order valence-electron chi connectivity index (χ0n) is 15.4. The highest BCUT2D eigenvalue weighted by Crippen LogP contribution is 2.18. The lowest BCUT2D eigenvalue weighted by atomic mass is 10.1. The zero-order valence-corrected chi connectivity index (χ0v) is 15.4. The van der Waals surface area contributed by atoms with Gasteiger partial charge in [0.2, 0.25) is 5.78 Å². The second-order valence-corrected chi connectivity index (χ2v) is 6.48. The number of hydrogen-bond donors (Lipinski definition) is 1. The Balaban J connectivity index is 1.69. The fourth-order valence-electron chi connectivity index (χ4n) is 3.00. The van der Waals surface area contributed by atoms with Crippen LogP contribution in [0.2, 0.25) is 0 Å². The molecule has 5 heteroatoms. The van der Waals surface area contributed by atoms with Crippen LogP contribution in [0.5, 0.6) is 0 Å². The van der Waals surface area contributed by atoms with Crippen molar-refractivity contribution in [2.24, 2.45) is 0 Å². The zero-order chi connectivity index (χ0) is 19.4. The Morgan fingerprint density at radius 3 is 2.33 bits per heavy atom. The van der Waals surface area contributed by atoms with E-state index in [2.05, 4.69) is 16.7 Å². The second-order valence-electron chi connectivity index (χ2n) is 6.48. The van der Waals surface area contributed by atoms with Gasteiger partial charge in [0.1, 0.15) is 0 Å². The first-order chi connectivity index (χ1) is 13.0. The Morgan fingerprint density at radius 2 is 1.67 bits per heavy atom. The first kappa shape index (κ1) is 18.5. The first-order valence-electron chi connectivity index (χ1n) is 8.72. The standard InChI is InChI=1S/C22H22N2O3/c1-15-12-20(16(2)24(15)13-17-6-4-3-5-7-17)21(25)14-27-22(26)18-8-10-19(23)11-9-18/h3-12H,13-14,23H2,1-2H3. The topological polar surface area (TPSA) is 74.3 Å². The molecule has 138 valence electrons. The quantitative estimate of drug-likeness (QED) is 0.411. The number of Topliss-reactive ketones (excluding diaryl/α,β-unsaturated/α-hetero) is 1. The van der Waals surface area contributed by atoms with Crippen LogP contribution in [-0.2, 0) is 11.3 Å². The van der Waals surface area contributed by atoms with Crippen LogP contribution >= 0.6 is 0 Å². The third-order valence-electron chi connectivity index (χ3n) is 4.54. The fraction of sp³-hybridized carbons (Fsp3) is 0.182. The molecule has 0 saturated carbocycles. The fourth-order valence-corrected chi connectivity index (χ4v) is 3.00. The molecule has 3 aromatic rings. The Hall–Kier alpha value is -3.34. The summed E-state index contributed by atoms with van der Waals surface area (Å²) in [6.45, 7) is 4.27. The number of aromatic nitrogens is 1. The van der Waals surface area contributed by atoms with Crippen molar-refractivity contribution < 1.29 is 14.3 Å². The van der Waals surface area contributed by atoms with Crippen molar-refractivity contribution >= 4 is 17.4 Å². The number of nitrogens with zero attached hydrogens (tertiary/aromatic N) is 1. The molecular formula is C22H22N2O3. The van der Waals surface area contributed by atoms with Gasteiger partial charge in [-0.15, -0.1) is 0 Å². The number of esters is 1. The van der Waals surface area contributed by atoms with E-state index < -0.39 is 5.97 Å². The molecule has 0 unspecified atom stereocenters. The Morgan fingerprint density at radius 1 is 1.00 bits per heavy atom. The van der Waals surface area contributed by atoms with Crippen LogP contribution in [0.4, 0.5) is 5.69 Å². The van der Waals surface area contributed by atoms with E-state index in [1.165, 1.54) is 0 Å². The molecule has 0 amide bonds. The van der Waals surface area contributed by atoms with Gasteiger partial charge in [0.25, 0.3) is 0 Å². The molecule has 0 bridgehead atoms. The van der Waals surface area contributed by atoms with Gasteiger partial charge in [0.05, 0.1) is 5.56 Å². The van der Waals surface area contributed by atoms with E-state index >= 15 is 0 Å². The Labute approximate surface area is 158 Å². The van der Waals surface area contributed by atoms with Crippen molar-refractivity contribution in [3.63, 3.8) is 0 Å². The molecule has 2 N–H and O–H groups in total. The van der Waals surface area contributed by atoms with Crippen LogP contribution in [0.25, 0.3) is 0 Å². The smallest absolute Gasteiger partial charge is 0.338 e. The van der Waals surface area contributed by atoms with E-state index in [0.29, 0.717) is 23.4 Å². The van der Waals surface area contributed by atoms with Crippen LogP contribution in [0.15, 0.2) is 60.7 Å². The highest BCUT2D eigenvalue weighted by Gasteiger charge is 2.18. The number of ether oxygens (including phenoxy) is 1. The number of nitrogen functional groups attached to an aromatic ring is 1. The molecule has 0 aliphatic rings. The van der Waals surface area contributed by atoms with Crippen molar-refractivity contribution in [2.45, 2.75) is 20.4 Å². The van der Waals surface area contributed by atoms with Crippen molar-refractivity contribution in [1.29, 1.82) is 0 Å². The summed E-state index contributed by atoms with van der Waals surface area (Å²) in [5.74, 6) is -0.757. The Bertz CT molecular complexity index is 957. The van der Waals surface area contributed by atoms with E-state index in [1.807, 2.05) is 38.1 Å². The predicted molar refractivity (Wildman–Crippen MR) is 105 cm³/mol.